The van der Waals surface area contributed by atoms with E-state index in [0.717, 1.165) is 6.07 Å². The third-order valence-electron chi connectivity index (χ3n) is 2.35. The minimum Gasteiger partial charge on any atom is -0.374 e. The Morgan fingerprint density at radius 2 is 2.00 bits per heavy atom. The normalized spacial score (nSPS) is 13.2. The molecule has 3 N–H and O–H groups in total. The minimum atomic E-state index is -4.41. The highest BCUT2D eigenvalue weighted by atomic mass is 19.4. The van der Waals surface area contributed by atoms with Gasteiger partial charge in [0.1, 0.15) is 6.04 Å². The predicted molar refractivity (Wildman–Crippen MR) is 58.5 cm³/mol. The molecule has 0 aliphatic rings. The molecule has 3 nitrogen and oxygen atoms in total. The smallest absolute Gasteiger partial charge is 0.374 e. The highest BCUT2D eigenvalue weighted by molar-refractivity contribution is 5.82. The largest absolute Gasteiger partial charge is 0.416 e. The van der Waals surface area contributed by atoms with Gasteiger partial charge in [-0.25, -0.2) is 0 Å². The summed E-state index contributed by atoms with van der Waals surface area (Å²) in [5.41, 5.74) is 4.64. The SMILES string of the molecule is Cc1ccc(NC(C)C(N)=O)cc1C(F)(F)F. The second kappa shape index (κ2) is 4.65. The Hall–Kier alpha value is -1.72. The van der Waals surface area contributed by atoms with E-state index < -0.39 is 23.7 Å². The van der Waals surface area contributed by atoms with Crippen LogP contribution in [0.3, 0.4) is 0 Å². The highest BCUT2D eigenvalue weighted by Crippen LogP contribution is 2.33. The lowest BCUT2D eigenvalue weighted by Gasteiger charge is -2.15. The first kappa shape index (κ1) is 13.3. The molecule has 0 bridgehead atoms. The quantitative estimate of drug-likeness (QED) is 0.859. The van der Waals surface area contributed by atoms with Crippen LogP contribution in [0, 0.1) is 6.92 Å². The number of aryl methyl sites for hydroxylation is 1. The van der Waals surface area contributed by atoms with E-state index in [0.29, 0.717) is 0 Å². The number of nitrogens with two attached hydrogens (primary N) is 1. The molecular weight excluding hydrogens is 233 g/mol. The van der Waals surface area contributed by atoms with Crippen LogP contribution in [0.15, 0.2) is 18.2 Å². The van der Waals surface area contributed by atoms with Gasteiger partial charge in [0.05, 0.1) is 5.56 Å². The molecule has 0 aliphatic carbocycles. The van der Waals surface area contributed by atoms with Crippen molar-refractivity contribution < 1.29 is 18.0 Å². The van der Waals surface area contributed by atoms with Gasteiger partial charge in [0, 0.05) is 5.69 Å². The fraction of sp³-hybridized carbons (Fsp3) is 0.364. The Morgan fingerprint density at radius 1 is 1.41 bits per heavy atom. The Bertz CT molecular complexity index is 429. The van der Waals surface area contributed by atoms with Gasteiger partial charge < -0.3 is 11.1 Å². The monoisotopic (exact) mass is 246 g/mol. The van der Waals surface area contributed by atoms with Crippen molar-refractivity contribution in [2.24, 2.45) is 5.73 Å². The van der Waals surface area contributed by atoms with Gasteiger partial charge in [-0.2, -0.15) is 13.2 Å². The molecule has 0 aromatic heterocycles. The van der Waals surface area contributed by atoms with E-state index in [1.54, 1.807) is 0 Å². The van der Waals surface area contributed by atoms with Crippen LogP contribution in [0.1, 0.15) is 18.1 Å². The maximum absolute atomic E-state index is 12.6. The number of alkyl halides is 3. The number of halogens is 3. The molecule has 0 radical (unpaired) electrons. The zero-order valence-electron chi connectivity index (χ0n) is 9.43. The summed E-state index contributed by atoms with van der Waals surface area (Å²) in [6.07, 6.45) is -4.41. The molecule has 0 fully saturated rings. The third kappa shape index (κ3) is 3.37. The zero-order chi connectivity index (χ0) is 13.2. The number of amides is 1. The number of carbonyl (C=O) groups is 1. The summed E-state index contributed by atoms with van der Waals surface area (Å²) >= 11 is 0. The van der Waals surface area contributed by atoms with E-state index in [9.17, 15) is 18.0 Å². The first-order valence-electron chi connectivity index (χ1n) is 4.95. The summed E-state index contributed by atoms with van der Waals surface area (Å²) in [4.78, 5) is 10.8. The van der Waals surface area contributed by atoms with Crippen LogP contribution in [0.2, 0.25) is 0 Å². The summed E-state index contributed by atoms with van der Waals surface area (Å²) in [5, 5.41) is 2.61. The van der Waals surface area contributed by atoms with Crippen LogP contribution < -0.4 is 11.1 Å². The van der Waals surface area contributed by atoms with Crippen molar-refractivity contribution in [3.8, 4) is 0 Å². The summed E-state index contributed by atoms with van der Waals surface area (Å²) in [5.74, 6) is -0.626. The van der Waals surface area contributed by atoms with Crippen molar-refractivity contribution in [3.05, 3.63) is 29.3 Å². The van der Waals surface area contributed by atoms with Gasteiger partial charge in [0.15, 0.2) is 0 Å². The molecule has 1 atom stereocenters. The lowest BCUT2D eigenvalue weighted by Crippen LogP contribution is -2.32. The molecule has 6 heteroatoms. The first-order chi connectivity index (χ1) is 7.71. The number of carbonyl (C=O) groups excluding carboxylic acids is 1. The molecule has 17 heavy (non-hydrogen) atoms. The number of primary amides is 1. The summed E-state index contributed by atoms with van der Waals surface area (Å²) in [6.45, 7) is 2.86. The van der Waals surface area contributed by atoms with Crippen LogP contribution in [-0.2, 0) is 11.0 Å². The van der Waals surface area contributed by atoms with Gasteiger partial charge in [-0.05, 0) is 31.5 Å². The third-order valence-corrected chi connectivity index (χ3v) is 2.35. The topological polar surface area (TPSA) is 55.1 Å². The number of hydrogen-bond donors (Lipinski definition) is 2. The number of benzene rings is 1. The molecule has 94 valence electrons. The molecule has 0 spiro atoms. The Kier molecular flexibility index (Phi) is 3.65. The predicted octanol–water partition coefficient (Wildman–Crippen LogP) is 2.30. The number of rotatable bonds is 3. The first-order valence-corrected chi connectivity index (χ1v) is 4.95. The van der Waals surface area contributed by atoms with Crippen LogP contribution in [0.25, 0.3) is 0 Å². The average Bonchev–Trinajstić information content (AvgIpc) is 2.19. The molecule has 1 unspecified atom stereocenters. The summed E-state index contributed by atoms with van der Waals surface area (Å²) in [7, 11) is 0. The molecule has 0 saturated heterocycles. The molecule has 0 saturated carbocycles. The van der Waals surface area contributed by atoms with Gasteiger partial charge in [-0.1, -0.05) is 6.07 Å². The maximum atomic E-state index is 12.6. The van der Waals surface area contributed by atoms with Crippen molar-refractivity contribution in [2.45, 2.75) is 26.1 Å². The van der Waals surface area contributed by atoms with Crippen LogP contribution >= 0.6 is 0 Å². The van der Waals surface area contributed by atoms with Crippen molar-refractivity contribution in [1.29, 1.82) is 0 Å². The number of anilines is 1. The van der Waals surface area contributed by atoms with Gasteiger partial charge in [0.25, 0.3) is 0 Å². The van der Waals surface area contributed by atoms with E-state index in [2.05, 4.69) is 5.32 Å². The number of hydrogen-bond acceptors (Lipinski definition) is 2. The van der Waals surface area contributed by atoms with E-state index >= 15 is 0 Å². The number of nitrogens with one attached hydrogen (secondary N) is 1. The van der Waals surface area contributed by atoms with E-state index in [1.165, 1.54) is 26.0 Å². The zero-order valence-corrected chi connectivity index (χ0v) is 9.43. The van der Waals surface area contributed by atoms with E-state index in [1.807, 2.05) is 0 Å². The average molecular weight is 246 g/mol. The van der Waals surface area contributed by atoms with Crippen molar-refractivity contribution in [3.63, 3.8) is 0 Å². The van der Waals surface area contributed by atoms with Gasteiger partial charge in [0.2, 0.25) is 5.91 Å². The van der Waals surface area contributed by atoms with Crippen LogP contribution in [0.5, 0.6) is 0 Å². The molecule has 0 aliphatic heterocycles. The summed E-state index contributed by atoms with van der Waals surface area (Å²) in [6, 6.07) is 3.07. The fourth-order valence-electron chi connectivity index (χ4n) is 1.34. The minimum absolute atomic E-state index is 0.134. The van der Waals surface area contributed by atoms with Gasteiger partial charge in [-0.15, -0.1) is 0 Å². The van der Waals surface area contributed by atoms with Crippen molar-refractivity contribution >= 4 is 11.6 Å². The maximum Gasteiger partial charge on any atom is 0.416 e. The standard InChI is InChI=1S/C11H13F3N2O/c1-6-3-4-8(16-7(2)10(15)17)5-9(6)11(12,13)14/h3-5,7,16H,1-2H3,(H2,15,17). The van der Waals surface area contributed by atoms with Gasteiger partial charge in [-0.3, -0.25) is 4.79 Å². The molecule has 1 amide bonds. The van der Waals surface area contributed by atoms with Crippen LogP contribution in [-0.4, -0.2) is 11.9 Å². The Morgan fingerprint density at radius 3 is 2.47 bits per heavy atom. The van der Waals surface area contributed by atoms with Crippen molar-refractivity contribution in [1.82, 2.24) is 0 Å². The Balaban J connectivity index is 3.01. The highest BCUT2D eigenvalue weighted by Gasteiger charge is 2.32. The van der Waals surface area contributed by atoms with Crippen molar-refractivity contribution in [2.75, 3.05) is 5.32 Å². The van der Waals surface area contributed by atoms with E-state index in [-0.39, 0.29) is 11.3 Å². The summed E-state index contributed by atoms with van der Waals surface area (Å²) < 4.78 is 37.8. The fourth-order valence-corrected chi connectivity index (χ4v) is 1.34. The molecule has 0 heterocycles. The molecule has 1 aromatic carbocycles. The second-order valence-corrected chi connectivity index (χ2v) is 3.80. The molecule has 1 aromatic rings. The van der Waals surface area contributed by atoms with E-state index in [4.69, 9.17) is 5.73 Å². The van der Waals surface area contributed by atoms with Crippen LogP contribution in [0.4, 0.5) is 18.9 Å². The molecular formula is C11H13F3N2O. The lowest BCUT2D eigenvalue weighted by atomic mass is 10.1. The van der Waals surface area contributed by atoms with Gasteiger partial charge >= 0.3 is 6.18 Å². The lowest BCUT2D eigenvalue weighted by molar-refractivity contribution is -0.138. The molecule has 1 rings (SSSR count). The Labute approximate surface area is 96.8 Å². The second-order valence-electron chi connectivity index (χ2n) is 3.80.